The molecule has 0 saturated carbocycles. The number of urea groups is 1. The number of hydrogen-bond acceptors (Lipinski definition) is 3. The zero-order valence-corrected chi connectivity index (χ0v) is 17.6. The van der Waals surface area contributed by atoms with Crippen molar-refractivity contribution in [3.8, 4) is 0 Å². The lowest BCUT2D eigenvalue weighted by atomic mass is 10.1. The highest BCUT2D eigenvalue weighted by molar-refractivity contribution is 7.12. The van der Waals surface area contributed by atoms with Crippen LogP contribution in [0.1, 0.15) is 47.7 Å². The van der Waals surface area contributed by atoms with E-state index >= 15 is 0 Å². The maximum absolute atomic E-state index is 12.3. The summed E-state index contributed by atoms with van der Waals surface area (Å²) in [6, 6.07) is 9.25. The van der Waals surface area contributed by atoms with Crippen molar-refractivity contribution in [2.75, 3.05) is 18.4 Å². The number of amides is 3. The van der Waals surface area contributed by atoms with Crippen LogP contribution in [0.3, 0.4) is 0 Å². The lowest BCUT2D eigenvalue weighted by Crippen LogP contribution is -2.32. The van der Waals surface area contributed by atoms with E-state index in [0.717, 1.165) is 24.2 Å². The van der Waals surface area contributed by atoms with E-state index in [1.165, 1.54) is 9.75 Å². The van der Waals surface area contributed by atoms with Crippen LogP contribution in [-0.2, 0) is 11.2 Å². The lowest BCUT2D eigenvalue weighted by molar-refractivity contribution is -0.130. The third-order valence-corrected chi connectivity index (χ3v) is 5.56. The van der Waals surface area contributed by atoms with Gasteiger partial charge in [-0.25, -0.2) is 4.79 Å². The highest BCUT2D eigenvalue weighted by Gasteiger charge is 2.14. The van der Waals surface area contributed by atoms with Gasteiger partial charge in [0.1, 0.15) is 0 Å². The van der Waals surface area contributed by atoms with E-state index < -0.39 is 0 Å². The van der Waals surface area contributed by atoms with E-state index in [1.54, 1.807) is 11.3 Å². The molecule has 0 radical (unpaired) electrons. The maximum Gasteiger partial charge on any atom is 0.319 e. The molecule has 0 fully saturated rings. The molecule has 6 heteroatoms. The Morgan fingerprint density at radius 3 is 2.26 bits per heavy atom. The summed E-state index contributed by atoms with van der Waals surface area (Å²) < 4.78 is 0. The van der Waals surface area contributed by atoms with Gasteiger partial charge >= 0.3 is 6.03 Å². The third kappa shape index (κ3) is 5.82. The van der Waals surface area contributed by atoms with E-state index in [4.69, 9.17) is 0 Å². The molecule has 0 saturated heterocycles. The van der Waals surface area contributed by atoms with Crippen LogP contribution >= 0.6 is 11.3 Å². The molecular formula is C21H29N3O2S. The van der Waals surface area contributed by atoms with Gasteiger partial charge in [-0.15, -0.1) is 11.3 Å². The highest BCUT2D eigenvalue weighted by atomic mass is 32.1. The number of benzene rings is 1. The van der Waals surface area contributed by atoms with E-state index in [-0.39, 0.29) is 18.0 Å². The zero-order chi connectivity index (χ0) is 20.0. The van der Waals surface area contributed by atoms with E-state index in [9.17, 15) is 9.59 Å². The minimum absolute atomic E-state index is 0.0547. The third-order valence-electron chi connectivity index (χ3n) is 4.58. The second kappa shape index (κ2) is 9.55. The second-order valence-electron chi connectivity index (χ2n) is 6.63. The van der Waals surface area contributed by atoms with Crippen LogP contribution in [0.2, 0.25) is 0 Å². The van der Waals surface area contributed by atoms with Gasteiger partial charge in [-0.05, 0) is 63.9 Å². The SMILES string of the molecule is CCN(CC)C(=O)Cc1ccc(NC(=O)NC(C)c2cc(C)sc2C)cc1. The molecular weight excluding hydrogens is 358 g/mol. The van der Waals surface area contributed by atoms with E-state index in [1.807, 2.05) is 49.9 Å². The molecule has 1 unspecified atom stereocenters. The monoisotopic (exact) mass is 387 g/mol. The fourth-order valence-corrected chi connectivity index (χ4v) is 4.11. The van der Waals surface area contributed by atoms with Crippen molar-refractivity contribution in [3.63, 3.8) is 0 Å². The molecule has 3 amide bonds. The van der Waals surface area contributed by atoms with E-state index in [0.29, 0.717) is 12.1 Å². The number of carbonyl (C=O) groups is 2. The number of aryl methyl sites for hydroxylation is 2. The number of likely N-dealkylation sites (N-methyl/N-ethyl adjacent to an activating group) is 1. The summed E-state index contributed by atoms with van der Waals surface area (Å²) in [5.74, 6) is 0.119. The van der Waals surface area contributed by atoms with Crippen LogP contribution in [0, 0.1) is 13.8 Å². The van der Waals surface area contributed by atoms with Crippen molar-refractivity contribution in [2.45, 2.75) is 47.1 Å². The summed E-state index contributed by atoms with van der Waals surface area (Å²) >= 11 is 1.74. The van der Waals surface area contributed by atoms with Gasteiger partial charge in [-0.2, -0.15) is 0 Å². The Morgan fingerprint density at radius 1 is 1.11 bits per heavy atom. The summed E-state index contributed by atoms with van der Waals surface area (Å²) in [6.45, 7) is 11.5. The number of thiophene rings is 1. The Hall–Kier alpha value is -2.34. The Labute approximate surface area is 165 Å². The molecule has 146 valence electrons. The van der Waals surface area contributed by atoms with Gasteiger partial charge in [-0.3, -0.25) is 4.79 Å². The highest BCUT2D eigenvalue weighted by Crippen LogP contribution is 2.26. The summed E-state index contributed by atoms with van der Waals surface area (Å²) in [4.78, 5) is 28.7. The zero-order valence-electron chi connectivity index (χ0n) is 16.8. The molecule has 27 heavy (non-hydrogen) atoms. The second-order valence-corrected chi connectivity index (χ2v) is 8.09. The van der Waals surface area contributed by atoms with Crippen LogP contribution in [0.25, 0.3) is 0 Å². The molecule has 5 nitrogen and oxygen atoms in total. The van der Waals surface area contributed by atoms with Crippen LogP contribution in [0.4, 0.5) is 10.5 Å². The summed E-state index contributed by atoms with van der Waals surface area (Å²) in [5.41, 5.74) is 2.80. The maximum atomic E-state index is 12.3. The molecule has 0 bridgehead atoms. The molecule has 0 aliphatic rings. The Balaban J connectivity index is 1.91. The predicted molar refractivity (Wildman–Crippen MR) is 112 cm³/mol. The fourth-order valence-electron chi connectivity index (χ4n) is 3.09. The summed E-state index contributed by atoms with van der Waals surface area (Å²) in [5, 5.41) is 5.82. The molecule has 0 aliphatic carbocycles. The molecule has 1 atom stereocenters. The first kappa shape index (κ1) is 21.0. The first-order valence-electron chi connectivity index (χ1n) is 9.35. The van der Waals surface area contributed by atoms with Crippen molar-refractivity contribution >= 4 is 29.0 Å². The number of hydrogen-bond donors (Lipinski definition) is 2. The van der Waals surface area contributed by atoms with Crippen molar-refractivity contribution in [1.82, 2.24) is 10.2 Å². The standard InChI is InChI=1S/C21H29N3O2S/c1-6-24(7-2)20(25)13-17-8-10-18(11-9-17)23-21(26)22-15(4)19-12-14(3)27-16(19)5/h8-12,15H,6-7,13H2,1-5H3,(H2,22,23,26). The van der Waals surface area contributed by atoms with Crippen LogP contribution in [0.15, 0.2) is 30.3 Å². The van der Waals surface area contributed by atoms with Crippen LogP contribution in [0.5, 0.6) is 0 Å². The van der Waals surface area contributed by atoms with Gasteiger partial charge in [0.15, 0.2) is 0 Å². The number of nitrogens with one attached hydrogen (secondary N) is 2. The first-order chi connectivity index (χ1) is 12.8. The van der Waals surface area contributed by atoms with Crippen molar-refractivity contribution in [1.29, 1.82) is 0 Å². The minimum atomic E-state index is -0.238. The average molecular weight is 388 g/mol. The predicted octanol–water partition coefficient (Wildman–Crippen LogP) is 4.66. The molecule has 2 aromatic rings. The van der Waals surface area contributed by atoms with Gasteiger partial charge in [0.25, 0.3) is 0 Å². The molecule has 1 aromatic heterocycles. The fraction of sp³-hybridized carbons (Fsp3) is 0.429. The van der Waals surface area contributed by atoms with Crippen molar-refractivity contribution in [3.05, 3.63) is 51.2 Å². The number of carbonyl (C=O) groups excluding carboxylic acids is 2. The lowest BCUT2D eigenvalue weighted by Gasteiger charge is -2.18. The summed E-state index contributed by atoms with van der Waals surface area (Å²) in [6.07, 6.45) is 0.377. The Bertz CT molecular complexity index is 779. The number of nitrogens with zero attached hydrogens (tertiary/aromatic N) is 1. The Morgan fingerprint density at radius 2 is 1.74 bits per heavy atom. The van der Waals surface area contributed by atoms with E-state index in [2.05, 4.69) is 30.5 Å². The molecule has 1 aromatic carbocycles. The molecule has 0 spiro atoms. The van der Waals surface area contributed by atoms with Crippen molar-refractivity contribution < 1.29 is 9.59 Å². The van der Waals surface area contributed by atoms with Gasteiger partial charge < -0.3 is 15.5 Å². The van der Waals surface area contributed by atoms with Crippen LogP contribution < -0.4 is 10.6 Å². The quantitative estimate of drug-likeness (QED) is 0.726. The molecule has 2 rings (SSSR count). The van der Waals surface area contributed by atoms with Gasteiger partial charge in [-0.1, -0.05) is 12.1 Å². The molecule has 2 N–H and O–H groups in total. The van der Waals surface area contributed by atoms with Crippen LogP contribution in [-0.4, -0.2) is 29.9 Å². The normalized spacial score (nSPS) is 11.7. The van der Waals surface area contributed by atoms with Gasteiger partial charge in [0.05, 0.1) is 12.5 Å². The largest absolute Gasteiger partial charge is 0.343 e. The van der Waals surface area contributed by atoms with Gasteiger partial charge in [0, 0.05) is 28.5 Å². The number of rotatable bonds is 7. The molecule has 1 heterocycles. The summed E-state index contributed by atoms with van der Waals surface area (Å²) in [7, 11) is 0. The van der Waals surface area contributed by atoms with Crippen molar-refractivity contribution in [2.24, 2.45) is 0 Å². The topological polar surface area (TPSA) is 61.4 Å². The first-order valence-corrected chi connectivity index (χ1v) is 10.2. The average Bonchev–Trinajstić information content (AvgIpc) is 2.96. The molecule has 0 aliphatic heterocycles. The number of anilines is 1. The Kier molecular flexibility index (Phi) is 7.42. The van der Waals surface area contributed by atoms with Gasteiger partial charge in [0.2, 0.25) is 5.91 Å². The smallest absolute Gasteiger partial charge is 0.319 e. The minimum Gasteiger partial charge on any atom is -0.343 e.